The lowest BCUT2D eigenvalue weighted by atomic mass is 9.80. The van der Waals surface area contributed by atoms with Gasteiger partial charge in [0, 0.05) is 10.8 Å². The minimum Gasteiger partial charge on any atom is -0.465 e. The van der Waals surface area contributed by atoms with Crippen LogP contribution in [0.4, 0.5) is 0 Å². The van der Waals surface area contributed by atoms with Crippen LogP contribution in [0.3, 0.4) is 0 Å². The number of benzene rings is 1. The number of carbonyl (C=O) groups excluding carboxylic acids is 2. The number of amides is 1. The molecule has 0 heterocycles. The summed E-state index contributed by atoms with van der Waals surface area (Å²) in [5.74, 6) is -1.29. The molecule has 9 heteroatoms. The van der Waals surface area contributed by atoms with Gasteiger partial charge in [-0.05, 0) is 56.9 Å². The van der Waals surface area contributed by atoms with Gasteiger partial charge in [-0.15, -0.1) is 11.8 Å². The molecular formula is C21H28N2O5S2. The van der Waals surface area contributed by atoms with Crippen LogP contribution >= 0.6 is 11.8 Å². The van der Waals surface area contributed by atoms with Crippen molar-refractivity contribution in [1.82, 2.24) is 5.32 Å². The molecule has 30 heavy (non-hydrogen) atoms. The van der Waals surface area contributed by atoms with Crippen LogP contribution in [-0.2, 0) is 24.2 Å². The standard InChI is InChI=1S/C21H28N2O5S2/c1-3-28-21(25)15(2)29-17-8-10-18(11-9-17)30(26,27)14-16-6-4-5-7-19(16)20(24)23-13-12-22/h8-11,15-16,19H,3-7,13-14H2,1-2H3,(H,23,24)/t15?,16-,19+/m0/s1. The van der Waals surface area contributed by atoms with E-state index < -0.39 is 9.84 Å². The van der Waals surface area contributed by atoms with E-state index >= 15 is 0 Å². The van der Waals surface area contributed by atoms with Crippen LogP contribution in [0.5, 0.6) is 0 Å². The highest BCUT2D eigenvalue weighted by atomic mass is 32.2. The van der Waals surface area contributed by atoms with E-state index in [-0.39, 0.29) is 46.2 Å². The molecule has 164 valence electrons. The minimum atomic E-state index is -3.56. The molecule has 0 radical (unpaired) electrons. The van der Waals surface area contributed by atoms with Crippen LogP contribution in [0, 0.1) is 23.2 Å². The number of nitriles is 1. The molecule has 1 aromatic rings. The second kappa shape index (κ2) is 11.4. The third kappa shape index (κ3) is 6.74. The number of hydrogen-bond acceptors (Lipinski definition) is 7. The molecule has 1 aromatic carbocycles. The van der Waals surface area contributed by atoms with Gasteiger partial charge in [0.2, 0.25) is 5.91 Å². The fourth-order valence-electron chi connectivity index (χ4n) is 3.63. The molecular weight excluding hydrogens is 424 g/mol. The Balaban J connectivity index is 2.06. The Morgan fingerprint density at radius 3 is 2.57 bits per heavy atom. The van der Waals surface area contributed by atoms with Crippen molar-refractivity contribution >= 4 is 33.5 Å². The Hall–Kier alpha value is -2.05. The molecule has 1 unspecified atom stereocenters. The average molecular weight is 453 g/mol. The molecule has 2 rings (SSSR count). The van der Waals surface area contributed by atoms with Crippen molar-refractivity contribution in [2.75, 3.05) is 18.9 Å². The summed E-state index contributed by atoms with van der Waals surface area (Å²) < 4.78 is 30.9. The van der Waals surface area contributed by atoms with Crippen LogP contribution in [0.25, 0.3) is 0 Å². The number of nitrogens with one attached hydrogen (secondary N) is 1. The van der Waals surface area contributed by atoms with Crippen molar-refractivity contribution in [2.24, 2.45) is 11.8 Å². The summed E-state index contributed by atoms with van der Waals surface area (Å²) in [6.07, 6.45) is 3.09. The monoisotopic (exact) mass is 452 g/mol. The highest BCUT2D eigenvalue weighted by Gasteiger charge is 2.34. The summed E-state index contributed by atoms with van der Waals surface area (Å²) in [6.45, 7) is 3.74. The third-order valence-corrected chi connectivity index (χ3v) is 8.08. The Morgan fingerprint density at radius 2 is 1.93 bits per heavy atom. The number of thioether (sulfide) groups is 1. The molecule has 0 bridgehead atoms. The highest BCUT2D eigenvalue weighted by Crippen LogP contribution is 2.33. The fourth-order valence-corrected chi connectivity index (χ4v) is 6.20. The van der Waals surface area contributed by atoms with E-state index in [2.05, 4.69) is 5.32 Å². The van der Waals surface area contributed by atoms with Gasteiger partial charge >= 0.3 is 5.97 Å². The Morgan fingerprint density at radius 1 is 1.27 bits per heavy atom. The second-order valence-electron chi connectivity index (χ2n) is 7.29. The first-order valence-electron chi connectivity index (χ1n) is 10.1. The SMILES string of the molecule is CCOC(=O)C(C)Sc1ccc(S(=O)(=O)C[C@@H]2CCCC[C@H]2C(=O)NCC#N)cc1. The zero-order valence-corrected chi connectivity index (χ0v) is 18.9. The molecule has 1 aliphatic rings. The number of esters is 1. The van der Waals surface area contributed by atoms with Crippen LogP contribution in [0.1, 0.15) is 39.5 Å². The van der Waals surface area contributed by atoms with Crippen LogP contribution < -0.4 is 5.32 Å². The van der Waals surface area contributed by atoms with Gasteiger partial charge in [0.15, 0.2) is 9.84 Å². The first-order chi connectivity index (χ1) is 14.3. The Labute approximate surface area is 182 Å². The molecule has 7 nitrogen and oxygen atoms in total. The maximum absolute atomic E-state index is 12.9. The molecule has 1 aliphatic carbocycles. The van der Waals surface area contributed by atoms with Crippen molar-refractivity contribution < 1.29 is 22.7 Å². The Kier molecular flexibility index (Phi) is 9.18. The summed E-state index contributed by atoms with van der Waals surface area (Å²) in [6, 6.07) is 8.34. The van der Waals surface area contributed by atoms with E-state index in [4.69, 9.17) is 10.00 Å². The second-order valence-corrected chi connectivity index (χ2v) is 10.7. The molecule has 0 saturated heterocycles. The minimum absolute atomic E-state index is 0.0713. The average Bonchev–Trinajstić information content (AvgIpc) is 2.72. The van der Waals surface area contributed by atoms with Gasteiger partial charge in [0.05, 0.1) is 23.3 Å². The van der Waals surface area contributed by atoms with Crippen LogP contribution in [-0.4, -0.2) is 44.4 Å². The van der Waals surface area contributed by atoms with Crippen LogP contribution in [0.2, 0.25) is 0 Å². The van der Waals surface area contributed by atoms with Crippen molar-refractivity contribution in [2.45, 2.75) is 54.6 Å². The van der Waals surface area contributed by atoms with E-state index in [0.717, 1.165) is 17.7 Å². The molecule has 1 amide bonds. The first kappa shape index (κ1) is 24.2. The molecule has 0 aliphatic heterocycles. The topological polar surface area (TPSA) is 113 Å². The lowest BCUT2D eigenvalue weighted by molar-refractivity contribution is -0.142. The quantitative estimate of drug-likeness (QED) is 0.348. The fraction of sp³-hybridized carbons (Fsp3) is 0.571. The number of hydrogen-bond donors (Lipinski definition) is 1. The maximum atomic E-state index is 12.9. The summed E-state index contributed by atoms with van der Waals surface area (Å²) in [5.41, 5.74) is 0. The van der Waals surface area contributed by atoms with Crippen molar-refractivity contribution in [1.29, 1.82) is 5.26 Å². The number of nitrogens with zero attached hydrogens (tertiary/aromatic N) is 1. The summed E-state index contributed by atoms with van der Waals surface area (Å²) in [4.78, 5) is 25.1. The first-order valence-corrected chi connectivity index (χ1v) is 12.6. The zero-order valence-electron chi connectivity index (χ0n) is 17.3. The highest BCUT2D eigenvalue weighted by molar-refractivity contribution is 8.00. The smallest absolute Gasteiger partial charge is 0.319 e. The van der Waals surface area contributed by atoms with Gasteiger partial charge in [-0.25, -0.2) is 8.42 Å². The van der Waals surface area contributed by atoms with Gasteiger partial charge in [0.25, 0.3) is 0 Å². The predicted octanol–water partition coefficient (Wildman–Crippen LogP) is 2.95. The molecule has 0 aromatic heterocycles. The normalized spacial score (nSPS) is 20.0. The largest absolute Gasteiger partial charge is 0.465 e. The van der Waals surface area contributed by atoms with Gasteiger partial charge in [-0.1, -0.05) is 12.8 Å². The third-order valence-electron chi connectivity index (χ3n) is 5.14. The summed E-state index contributed by atoms with van der Waals surface area (Å²) >= 11 is 1.31. The summed E-state index contributed by atoms with van der Waals surface area (Å²) in [7, 11) is -3.56. The van der Waals surface area contributed by atoms with Gasteiger partial charge < -0.3 is 10.1 Å². The molecule has 0 spiro atoms. The van der Waals surface area contributed by atoms with E-state index in [9.17, 15) is 18.0 Å². The van der Waals surface area contributed by atoms with Gasteiger partial charge in [-0.3, -0.25) is 9.59 Å². The Bertz CT molecular complexity index is 878. The summed E-state index contributed by atoms with van der Waals surface area (Å²) in [5, 5.41) is 10.8. The van der Waals surface area contributed by atoms with Crippen molar-refractivity contribution in [3.8, 4) is 6.07 Å². The zero-order chi connectivity index (χ0) is 22.1. The number of ether oxygens (including phenoxy) is 1. The van der Waals surface area contributed by atoms with Crippen molar-refractivity contribution in [3.63, 3.8) is 0 Å². The van der Waals surface area contributed by atoms with E-state index in [1.54, 1.807) is 38.1 Å². The van der Waals surface area contributed by atoms with Crippen molar-refractivity contribution in [3.05, 3.63) is 24.3 Å². The molecule has 1 fully saturated rings. The molecule has 1 saturated carbocycles. The predicted molar refractivity (Wildman–Crippen MR) is 115 cm³/mol. The van der Waals surface area contributed by atoms with Gasteiger partial charge in [0.1, 0.15) is 11.8 Å². The maximum Gasteiger partial charge on any atom is 0.319 e. The van der Waals surface area contributed by atoms with E-state index in [1.807, 2.05) is 6.07 Å². The molecule has 1 N–H and O–H groups in total. The molecule has 3 atom stereocenters. The van der Waals surface area contributed by atoms with Gasteiger partial charge in [-0.2, -0.15) is 5.26 Å². The van der Waals surface area contributed by atoms with E-state index in [0.29, 0.717) is 19.4 Å². The number of rotatable bonds is 9. The number of sulfone groups is 1. The lowest BCUT2D eigenvalue weighted by Gasteiger charge is -2.30. The van der Waals surface area contributed by atoms with E-state index in [1.165, 1.54) is 11.8 Å². The lowest BCUT2D eigenvalue weighted by Crippen LogP contribution is -2.39. The van der Waals surface area contributed by atoms with Crippen LogP contribution in [0.15, 0.2) is 34.1 Å². The number of carbonyl (C=O) groups is 2.